The summed E-state index contributed by atoms with van der Waals surface area (Å²) in [6.45, 7) is 2.60. The van der Waals surface area contributed by atoms with Crippen molar-refractivity contribution in [2.75, 3.05) is 34.5 Å². The normalized spacial score (nSPS) is 15.5. The minimum Gasteiger partial charge on any atom is -0.497 e. The Labute approximate surface area is 206 Å². The molecule has 0 bridgehead atoms. The summed E-state index contributed by atoms with van der Waals surface area (Å²) in [4.78, 5) is 15.4. The topological polar surface area (TPSA) is 66.5 Å². The van der Waals surface area contributed by atoms with Crippen molar-refractivity contribution >= 4 is 5.91 Å². The molecule has 0 N–H and O–H groups in total. The average Bonchev–Trinajstić information content (AvgIpc) is 2.91. The van der Waals surface area contributed by atoms with E-state index >= 15 is 0 Å². The van der Waals surface area contributed by atoms with Crippen molar-refractivity contribution < 1.29 is 28.5 Å². The van der Waals surface area contributed by atoms with Crippen LogP contribution in [0.5, 0.6) is 28.7 Å². The molecule has 184 valence electrons. The molecule has 3 aromatic rings. The number of benzene rings is 3. The molecular weight excluding hydrogens is 446 g/mol. The number of amides is 1. The van der Waals surface area contributed by atoms with Gasteiger partial charge in [-0.1, -0.05) is 18.2 Å². The van der Waals surface area contributed by atoms with Crippen LogP contribution in [0.15, 0.2) is 66.7 Å². The molecule has 1 heterocycles. The van der Waals surface area contributed by atoms with Gasteiger partial charge in [0.1, 0.15) is 23.9 Å². The maximum absolute atomic E-state index is 13.6. The third-order valence-corrected chi connectivity index (χ3v) is 6.16. The third kappa shape index (κ3) is 5.45. The average molecular weight is 478 g/mol. The van der Waals surface area contributed by atoms with Crippen LogP contribution in [-0.4, -0.2) is 51.4 Å². The van der Waals surface area contributed by atoms with Crippen LogP contribution in [0.2, 0.25) is 0 Å². The minimum absolute atomic E-state index is 0.0994. The van der Waals surface area contributed by atoms with Crippen LogP contribution < -0.4 is 23.7 Å². The Morgan fingerprint density at radius 2 is 1.54 bits per heavy atom. The van der Waals surface area contributed by atoms with Crippen molar-refractivity contribution in [3.8, 4) is 28.7 Å². The largest absolute Gasteiger partial charge is 0.497 e. The Morgan fingerprint density at radius 3 is 2.20 bits per heavy atom. The summed E-state index contributed by atoms with van der Waals surface area (Å²) in [6, 6.07) is 20.4. The van der Waals surface area contributed by atoms with Gasteiger partial charge in [-0.15, -0.1) is 0 Å². The second kappa shape index (κ2) is 11.0. The predicted molar refractivity (Wildman–Crippen MR) is 133 cm³/mol. The lowest BCUT2D eigenvalue weighted by molar-refractivity contribution is -0.141. The molecule has 2 atom stereocenters. The Bertz CT molecular complexity index is 1130. The summed E-state index contributed by atoms with van der Waals surface area (Å²) in [5.74, 6) is 3.28. The van der Waals surface area contributed by atoms with E-state index < -0.39 is 6.10 Å². The molecule has 1 aliphatic rings. The van der Waals surface area contributed by atoms with Gasteiger partial charge >= 0.3 is 0 Å². The number of para-hydroxylation sites is 1. The quantitative estimate of drug-likeness (QED) is 0.446. The van der Waals surface area contributed by atoms with Gasteiger partial charge < -0.3 is 28.6 Å². The van der Waals surface area contributed by atoms with Gasteiger partial charge in [0, 0.05) is 6.54 Å². The van der Waals surface area contributed by atoms with Crippen molar-refractivity contribution in [3.05, 3.63) is 77.9 Å². The lowest BCUT2D eigenvalue weighted by Crippen LogP contribution is -2.47. The van der Waals surface area contributed by atoms with Gasteiger partial charge in [-0.05, 0) is 73.0 Å². The Hall–Kier alpha value is -3.87. The van der Waals surface area contributed by atoms with Crippen molar-refractivity contribution in [2.45, 2.75) is 25.5 Å². The van der Waals surface area contributed by atoms with Gasteiger partial charge in [0.25, 0.3) is 5.91 Å². The smallest absolute Gasteiger partial charge is 0.263 e. The highest BCUT2D eigenvalue weighted by Crippen LogP contribution is 2.39. The molecule has 0 aromatic heterocycles. The first-order valence-corrected chi connectivity index (χ1v) is 11.6. The molecule has 0 spiro atoms. The molecule has 35 heavy (non-hydrogen) atoms. The standard InChI is InChI=1S/C28H31NO6/c1-19(35-23-8-6-5-7-9-23)28(30)29-15-14-20-16-26(32-3)27(33-4)17-24(20)25(29)18-34-22-12-10-21(31-2)11-13-22/h5-13,16-17,19,25H,14-15,18H2,1-4H3/t19-,25+/m1/s1. The Morgan fingerprint density at radius 1 is 0.886 bits per heavy atom. The number of fused-ring (bicyclic) bond motifs is 1. The number of ether oxygens (including phenoxy) is 5. The zero-order chi connectivity index (χ0) is 24.8. The Balaban J connectivity index is 1.62. The number of carbonyl (C=O) groups excluding carboxylic acids is 1. The first-order valence-electron chi connectivity index (χ1n) is 11.6. The lowest BCUT2D eigenvalue weighted by Gasteiger charge is -2.38. The van der Waals surface area contributed by atoms with Crippen LogP contribution in [0.1, 0.15) is 24.1 Å². The summed E-state index contributed by atoms with van der Waals surface area (Å²) in [6.07, 6.45) is 0.0426. The molecule has 1 aliphatic heterocycles. The van der Waals surface area contributed by atoms with E-state index in [0.717, 1.165) is 16.9 Å². The number of hydrogen-bond donors (Lipinski definition) is 0. The molecule has 7 heteroatoms. The molecule has 0 radical (unpaired) electrons. The van der Waals surface area contributed by atoms with Gasteiger partial charge in [0.05, 0.1) is 27.4 Å². The molecular formula is C28H31NO6. The summed E-state index contributed by atoms with van der Waals surface area (Å²) in [7, 11) is 4.85. The molecule has 4 rings (SSSR count). The summed E-state index contributed by atoms with van der Waals surface area (Å²) in [5.41, 5.74) is 2.08. The van der Waals surface area contributed by atoms with Crippen molar-refractivity contribution in [1.29, 1.82) is 0 Å². The second-order valence-electron chi connectivity index (χ2n) is 8.26. The number of hydrogen-bond acceptors (Lipinski definition) is 6. The van der Waals surface area contributed by atoms with Crippen molar-refractivity contribution in [3.63, 3.8) is 0 Å². The fourth-order valence-electron chi connectivity index (χ4n) is 4.31. The van der Waals surface area contributed by atoms with E-state index in [4.69, 9.17) is 23.7 Å². The lowest BCUT2D eigenvalue weighted by atomic mass is 9.91. The van der Waals surface area contributed by atoms with E-state index in [1.54, 1.807) is 28.3 Å². The zero-order valence-electron chi connectivity index (χ0n) is 20.5. The summed E-state index contributed by atoms with van der Waals surface area (Å²) < 4.78 is 28.4. The molecule has 1 amide bonds. The fraction of sp³-hybridized carbons (Fsp3) is 0.321. The molecule has 0 fully saturated rings. The van der Waals surface area contributed by atoms with Crippen LogP contribution >= 0.6 is 0 Å². The van der Waals surface area contributed by atoms with Crippen LogP contribution in [0, 0.1) is 0 Å². The first-order chi connectivity index (χ1) is 17.0. The molecule has 0 aliphatic carbocycles. The zero-order valence-corrected chi connectivity index (χ0v) is 20.5. The Kier molecular flexibility index (Phi) is 7.65. The van der Waals surface area contributed by atoms with Crippen LogP contribution in [0.3, 0.4) is 0 Å². The predicted octanol–water partition coefficient (Wildman–Crippen LogP) is 4.68. The highest BCUT2D eigenvalue weighted by atomic mass is 16.5. The van der Waals surface area contributed by atoms with E-state index in [0.29, 0.717) is 36.0 Å². The molecule has 3 aromatic carbocycles. The number of carbonyl (C=O) groups is 1. The van der Waals surface area contributed by atoms with Gasteiger partial charge in [-0.3, -0.25) is 4.79 Å². The van der Waals surface area contributed by atoms with Crippen LogP contribution in [0.4, 0.5) is 0 Å². The van der Waals surface area contributed by atoms with Gasteiger partial charge in [0.15, 0.2) is 17.6 Å². The first kappa shape index (κ1) is 24.3. The maximum Gasteiger partial charge on any atom is 0.263 e. The number of rotatable bonds is 9. The SMILES string of the molecule is COc1ccc(OC[C@H]2c3cc(OC)c(OC)cc3CCN2C(=O)[C@@H](C)Oc2ccccc2)cc1. The summed E-state index contributed by atoms with van der Waals surface area (Å²) in [5, 5.41) is 0. The van der Waals surface area contributed by atoms with Crippen molar-refractivity contribution in [1.82, 2.24) is 4.90 Å². The monoisotopic (exact) mass is 477 g/mol. The molecule has 0 saturated carbocycles. The molecule has 0 saturated heterocycles. The number of nitrogens with zero attached hydrogens (tertiary/aromatic N) is 1. The highest BCUT2D eigenvalue weighted by molar-refractivity contribution is 5.82. The fourth-order valence-corrected chi connectivity index (χ4v) is 4.31. The van der Waals surface area contributed by atoms with Crippen LogP contribution in [0.25, 0.3) is 0 Å². The van der Waals surface area contributed by atoms with Crippen LogP contribution in [-0.2, 0) is 11.2 Å². The maximum atomic E-state index is 13.6. The van der Waals surface area contributed by atoms with E-state index in [1.165, 1.54) is 0 Å². The third-order valence-electron chi connectivity index (χ3n) is 6.16. The van der Waals surface area contributed by atoms with Gasteiger partial charge in [-0.25, -0.2) is 0 Å². The van der Waals surface area contributed by atoms with Gasteiger partial charge in [0.2, 0.25) is 0 Å². The van der Waals surface area contributed by atoms with Gasteiger partial charge in [-0.2, -0.15) is 0 Å². The molecule has 7 nitrogen and oxygen atoms in total. The second-order valence-corrected chi connectivity index (χ2v) is 8.26. The van der Waals surface area contributed by atoms with E-state index in [1.807, 2.05) is 71.6 Å². The minimum atomic E-state index is -0.650. The van der Waals surface area contributed by atoms with Crippen molar-refractivity contribution in [2.24, 2.45) is 0 Å². The number of methoxy groups -OCH3 is 3. The van der Waals surface area contributed by atoms with E-state index in [2.05, 4.69) is 0 Å². The molecule has 0 unspecified atom stereocenters. The van der Waals surface area contributed by atoms with E-state index in [-0.39, 0.29) is 18.6 Å². The summed E-state index contributed by atoms with van der Waals surface area (Å²) >= 11 is 0. The highest BCUT2D eigenvalue weighted by Gasteiger charge is 2.35. The van der Waals surface area contributed by atoms with E-state index in [9.17, 15) is 4.79 Å².